The first-order valence-corrected chi connectivity index (χ1v) is 4.59. The van der Waals surface area contributed by atoms with Crippen LogP contribution in [0.2, 0.25) is 0 Å². The van der Waals surface area contributed by atoms with Crippen molar-refractivity contribution in [2.45, 2.75) is 6.54 Å². The Hall–Kier alpha value is -2.10. The van der Waals surface area contributed by atoms with E-state index in [1.165, 1.54) is 0 Å². The summed E-state index contributed by atoms with van der Waals surface area (Å²) in [6, 6.07) is 7.55. The van der Waals surface area contributed by atoms with E-state index in [-0.39, 0.29) is 0 Å². The summed E-state index contributed by atoms with van der Waals surface area (Å²) in [7, 11) is 0. The predicted molar refractivity (Wildman–Crippen MR) is 57.6 cm³/mol. The van der Waals surface area contributed by atoms with Crippen LogP contribution in [0.1, 0.15) is 16.1 Å². The maximum Gasteiger partial charge on any atom is 0.168 e. The molecule has 0 unspecified atom stereocenters. The van der Waals surface area contributed by atoms with Gasteiger partial charge in [0.1, 0.15) is 5.69 Å². The Labute approximate surface area is 87.4 Å². The van der Waals surface area contributed by atoms with Gasteiger partial charge in [-0.1, -0.05) is 12.1 Å². The number of imidazole rings is 1. The van der Waals surface area contributed by atoms with E-state index in [9.17, 15) is 4.79 Å². The number of nitrogen functional groups attached to an aromatic ring is 1. The molecular formula is C11H11N3O. The third kappa shape index (κ3) is 2.04. The molecule has 0 aliphatic rings. The summed E-state index contributed by atoms with van der Waals surface area (Å²) in [6.45, 7) is 0.633. The van der Waals surface area contributed by atoms with Crippen LogP contribution in [0.15, 0.2) is 36.8 Å². The van der Waals surface area contributed by atoms with E-state index in [2.05, 4.69) is 4.98 Å². The quantitative estimate of drug-likeness (QED) is 0.602. The first-order chi connectivity index (χ1) is 7.29. The molecule has 2 N–H and O–H groups in total. The minimum Gasteiger partial charge on any atom is -0.399 e. The maximum absolute atomic E-state index is 10.7. The van der Waals surface area contributed by atoms with Crippen molar-refractivity contribution >= 4 is 12.0 Å². The first kappa shape index (κ1) is 9.45. The lowest BCUT2D eigenvalue weighted by Gasteiger charge is -2.04. The van der Waals surface area contributed by atoms with Crippen LogP contribution in [-0.4, -0.2) is 15.8 Å². The van der Waals surface area contributed by atoms with E-state index in [0.717, 1.165) is 17.5 Å². The lowest BCUT2D eigenvalue weighted by molar-refractivity contribution is 0.111. The molecule has 1 heterocycles. The molecule has 4 nitrogen and oxygen atoms in total. The Bertz CT molecular complexity index is 459. The number of hydrogen-bond donors (Lipinski definition) is 1. The number of nitrogens with zero attached hydrogens (tertiary/aromatic N) is 2. The van der Waals surface area contributed by atoms with Gasteiger partial charge in [-0.2, -0.15) is 0 Å². The zero-order chi connectivity index (χ0) is 10.7. The van der Waals surface area contributed by atoms with Crippen LogP contribution in [0, 0.1) is 0 Å². The summed E-state index contributed by atoms with van der Waals surface area (Å²) in [5.41, 5.74) is 7.98. The minimum atomic E-state index is 0.576. The molecule has 0 saturated carbocycles. The molecule has 4 heteroatoms. The summed E-state index contributed by atoms with van der Waals surface area (Å²) >= 11 is 0. The van der Waals surface area contributed by atoms with Gasteiger partial charge in [0.25, 0.3) is 0 Å². The Balaban J connectivity index is 2.21. The van der Waals surface area contributed by atoms with Gasteiger partial charge >= 0.3 is 0 Å². The number of aldehydes is 1. The fourth-order valence-electron chi connectivity index (χ4n) is 1.38. The average molecular weight is 201 g/mol. The van der Waals surface area contributed by atoms with Gasteiger partial charge in [0.15, 0.2) is 6.29 Å². The maximum atomic E-state index is 10.7. The third-order valence-corrected chi connectivity index (χ3v) is 2.20. The largest absolute Gasteiger partial charge is 0.399 e. The number of carbonyl (C=O) groups excluding carboxylic acids is 1. The van der Waals surface area contributed by atoms with Crippen molar-refractivity contribution in [3.8, 4) is 0 Å². The molecule has 15 heavy (non-hydrogen) atoms. The number of nitrogens with two attached hydrogens (primary N) is 1. The fraction of sp³-hybridized carbons (Fsp3) is 0.0909. The van der Waals surface area contributed by atoms with E-state index in [4.69, 9.17) is 5.73 Å². The highest BCUT2D eigenvalue weighted by atomic mass is 16.1. The van der Waals surface area contributed by atoms with Crippen LogP contribution in [0.25, 0.3) is 0 Å². The van der Waals surface area contributed by atoms with Gasteiger partial charge in [-0.25, -0.2) is 4.98 Å². The smallest absolute Gasteiger partial charge is 0.168 e. The molecule has 2 rings (SSSR count). The molecule has 0 atom stereocenters. The minimum absolute atomic E-state index is 0.576. The summed E-state index contributed by atoms with van der Waals surface area (Å²) in [5.74, 6) is 0. The van der Waals surface area contributed by atoms with Gasteiger partial charge < -0.3 is 10.3 Å². The number of aromatic nitrogens is 2. The predicted octanol–water partition coefficient (Wildman–Crippen LogP) is 1.33. The second-order valence-electron chi connectivity index (χ2n) is 3.31. The third-order valence-electron chi connectivity index (χ3n) is 2.20. The lowest BCUT2D eigenvalue weighted by atomic mass is 10.2. The molecule has 0 aliphatic heterocycles. The SMILES string of the molecule is Nc1ccc(Cn2cncc2C=O)cc1. The topological polar surface area (TPSA) is 60.9 Å². The Morgan fingerprint density at radius 1 is 1.33 bits per heavy atom. The van der Waals surface area contributed by atoms with Gasteiger partial charge in [0.05, 0.1) is 12.5 Å². The molecular weight excluding hydrogens is 190 g/mol. The van der Waals surface area contributed by atoms with Crippen LogP contribution in [0.3, 0.4) is 0 Å². The van der Waals surface area contributed by atoms with Crippen molar-refractivity contribution < 1.29 is 4.79 Å². The monoisotopic (exact) mass is 201 g/mol. The molecule has 2 aromatic rings. The number of carbonyl (C=O) groups is 1. The van der Waals surface area contributed by atoms with E-state index >= 15 is 0 Å². The van der Waals surface area contributed by atoms with Crippen LogP contribution < -0.4 is 5.73 Å². The molecule has 0 saturated heterocycles. The summed E-state index contributed by atoms with van der Waals surface area (Å²) in [5, 5.41) is 0. The molecule has 0 aliphatic carbocycles. The zero-order valence-electron chi connectivity index (χ0n) is 8.13. The van der Waals surface area contributed by atoms with Gasteiger partial charge in [0.2, 0.25) is 0 Å². The lowest BCUT2D eigenvalue weighted by Crippen LogP contribution is -2.02. The van der Waals surface area contributed by atoms with Crippen LogP contribution >= 0.6 is 0 Å². The molecule has 0 radical (unpaired) electrons. The van der Waals surface area contributed by atoms with Gasteiger partial charge in [-0.15, -0.1) is 0 Å². The van der Waals surface area contributed by atoms with Crippen molar-refractivity contribution in [1.82, 2.24) is 9.55 Å². The van der Waals surface area contributed by atoms with Crippen molar-refractivity contribution in [3.63, 3.8) is 0 Å². The van der Waals surface area contributed by atoms with Crippen LogP contribution in [0.4, 0.5) is 5.69 Å². The zero-order valence-corrected chi connectivity index (χ0v) is 8.13. The molecule has 1 aromatic carbocycles. The average Bonchev–Trinajstić information content (AvgIpc) is 2.69. The molecule has 76 valence electrons. The summed E-state index contributed by atoms with van der Waals surface area (Å²) in [4.78, 5) is 14.6. The van der Waals surface area contributed by atoms with E-state index in [1.807, 2.05) is 24.3 Å². The van der Waals surface area contributed by atoms with Crippen LogP contribution in [0.5, 0.6) is 0 Å². The molecule has 1 aromatic heterocycles. The van der Waals surface area contributed by atoms with Gasteiger partial charge in [-0.05, 0) is 17.7 Å². The number of anilines is 1. The van der Waals surface area contributed by atoms with E-state index in [1.54, 1.807) is 17.1 Å². The molecule has 0 spiro atoms. The van der Waals surface area contributed by atoms with Crippen molar-refractivity contribution in [1.29, 1.82) is 0 Å². The Kier molecular flexibility index (Phi) is 2.49. The van der Waals surface area contributed by atoms with Gasteiger partial charge in [-0.3, -0.25) is 4.79 Å². The van der Waals surface area contributed by atoms with Crippen LogP contribution in [-0.2, 0) is 6.54 Å². The highest BCUT2D eigenvalue weighted by Crippen LogP contribution is 2.08. The fourth-order valence-corrected chi connectivity index (χ4v) is 1.38. The second kappa shape index (κ2) is 3.96. The highest BCUT2D eigenvalue weighted by Gasteiger charge is 2.00. The standard InChI is InChI=1S/C11H11N3O/c12-10-3-1-9(2-4-10)6-14-8-13-5-11(14)7-15/h1-5,7-8H,6,12H2. The summed E-state index contributed by atoms with van der Waals surface area (Å²) < 4.78 is 1.79. The van der Waals surface area contributed by atoms with E-state index in [0.29, 0.717) is 12.2 Å². The first-order valence-electron chi connectivity index (χ1n) is 4.59. The number of benzene rings is 1. The van der Waals surface area contributed by atoms with Gasteiger partial charge in [0, 0.05) is 12.2 Å². The molecule has 0 fully saturated rings. The Morgan fingerprint density at radius 2 is 2.07 bits per heavy atom. The van der Waals surface area contributed by atoms with Crippen molar-refractivity contribution in [2.75, 3.05) is 5.73 Å². The number of rotatable bonds is 3. The van der Waals surface area contributed by atoms with E-state index < -0.39 is 0 Å². The van der Waals surface area contributed by atoms with Crippen molar-refractivity contribution in [2.24, 2.45) is 0 Å². The normalized spacial score (nSPS) is 10.1. The second-order valence-corrected chi connectivity index (χ2v) is 3.31. The van der Waals surface area contributed by atoms with Crippen molar-refractivity contribution in [3.05, 3.63) is 48.0 Å². The summed E-state index contributed by atoms with van der Waals surface area (Å²) in [6.07, 6.45) is 3.98. The molecule has 0 amide bonds. The highest BCUT2D eigenvalue weighted by molar-refractivity contribution is 5.71. The molecule has 0 bridgehead atoms. The number of hydrogen-bond acceptors (Lipinski definition) is 3. The Morgan fingerprint density at radius 3 is 2.73 bits per heavy atom.